The third kappa shape index (κ3) is 4.36. The molecule has 0 amide bonds. The number of aryl methyl sites for hydroxylation is 2. The van der Waals surface area contributed by atoms with Crippen molar-refractivity contribution in [2.24, 2.45) is 5.92 Å². The van der Waals surface area contributed by atoms with Gasteiger partial charge >= 0.3 is 0 Å². The van der Waals surface area contributed by atoms with Gasteiger partial charge in [0.25, 0.3) is 0 Å². The smallest absolute Gasteiger partial charge is 0.0991 e. The molecular formula is C15H23N3S2. The van der Waals surface area contributed by atoms with Crippen LogP contribution in [0.15, 0.2) is 5.38 Å². The monoisotopic (exact) mass is 309 g/mol. The number of hydrogen-bond acceptors (Lipinski definition) is 5. The van der Waals surface area contributed by atoms with Crippen molar-refractivity contribution >= 4 is 22.7 Å². The van der Waals surface area contributed by atoms with E-state index in [0.717, 1.165) is 36.6 Å². The van der Waals surface area contributed by atoms with Gasteiger partial charge in [-0.15, -0.1) is 22.7 Å². The van der Waals surface area contributed by atoms with E-state index in [1.54, 1.807) is 11.3 Å². The largest absolute Gasteiger partial charge is 0.312 e. The Balaban J connectivity index is 2.02. The van der Waals surface area contributed by atoms with Crippen LogP contribution in [-0.4, -0.2) is 16.5 Å². The zero-order valence-corrected chi connectivity index (χ0v) is 14.3. The minimum atomic E-state index is 0.686. The average molecular weight is 310 g/mol. The second kappa shape index (κ2) is 7.29. The molecule has 0 atom stereocenters. The lowest BCUT2D eigenvalue weighted by molar-refractivity contribution is 0.553. The summed E-state index contributed by atoms with van der Waals surface area (Å²) in [5.74, 6) is 0.686. The van der Waals surface area contributed by atoms with Crippen molar-refractivity contribution in [2.75, 3.05) is 6.54 Å². The van der Waals surface area contributed by atoms with Gasteiger partial charge < -0.3 is 5.32 Å². The summed E-state index contributed by atoms with van der Waals surface area (Å²) < 4.78 is 0. The Kier molecular flexibility index (Phi) is 5.69. The molecule has 0 fully saturated rings. The lowest BCUT2D eigenvalue weighted by atomic mass is 10.2. The minimum Gasteiger partial charge on any atom is -0.312 e. The first kappa shape index (κ1) is 15.6. The molecule has 20 heavy (non-hydrogen) atoms. The number of nitrogens with zero attached hydrogens (tertiary/aromatic N) is 2. The van der Waals surface area contributed by atoms with Crippen LogP contribution in [0.25, 0.3) is 0 Å². The van der Waals surface area contributed by atoms with Crippen LogP contribution >= 0.6 is 22.7 Å². The van der Waals surface area contributed by atoms with E-state index in [-0.39, 0.29) is 0 Å². The molecule has 0 spiro atoms. The summed E-state index contributed by atoms with van der Waals surface area (Å²) in [4.78, 5) is 10.7. The Morgan fingerprint density at radius 1 is 1.30 bits per heavy atom. The minimum absolute atomic E-state index is 0.686. The van der Waals surface area contributed by atoms with Gasteiger partial charge in [-0.25, -0.2) is 9.97 Å². The van der Waals surface area contributed by atoms with Crippen LogP contribution in [0.2, 0.25) is 0 Å². The van der Waals surface area contributed by atoms with Crippen LogP contribution in [0.5, 0.6) is 0 Å². The standard InChI is InChI=1S/C15H23N3S2/c1-5-13-14(8-16-7-10(2)3)20-15(18-13)6-12-9-19-11(4)17-12/h9-10,16H,5-8H2,1-4H3. The quantitative estimate of drug-likeness (QED) is 0.845. The number of rotatable bonds is 7. The maximum atomic E-state index is 4.77. The zero-order chi connectivity index (χ0) is 14.5. The maximum absolute atomic E-state index is 4.77. The van der Waals surface area contributed by atoms with Crippen LogP contribution in [-0.2, 0) is 19.4 Å². The molecule has 0 saturated heterocycles. The number of thiazole rings is 2. The first-order valence-corrected chi connectivity index (χ1v) is 8.87. The van der Waals surface area contributed by atoms with Crippen LogP contribution in [0.4, 0.5) is 0 Å². The summed E-state index contributed by atoms with van der Waals surface area (Å²) in [5.41, 5.74) is 2.39. The molecule has 0 saturated carbocycles. The van der Waals surface area contributed by atoms with Crippen LogP contribution < -0.4 is 5.32 Å². The van der Waals surface area contributed by atoms with Crippen LogP contribution in [0, 0.1) is 12.8 Å². The lowest BCUT2D eigenvalue weighted by Gasteiger charge is -2.06. The van der Waals surface area contributed by atoms with Crippen molar-refractivity contribution in [3.8, 4) is 0 Å². The van der Waals surface area contributed by atoms with Gasteiger partial charge in [-0.1, -0.05) is 20.8 Å². The molecule has 0 radical (unpaired) electrons. The van der Waals surface area contributed by atoms with Crippen molar-refractivity contribution < 1.29 is 0 Å². The molecule has 5 heteroatoms. The molecule has 2 rings (SSSR count). The topological polar surface area (TPSA) is 37.8 Å². The first-order valence-electron chi connectivity index (χ1n) is 7.17. The highest BCUT2D eigenvalue weighted by molar-refractivity contribution is 7.11. The highest BCUT2D eigenvalue weighted by Gasteiger charge is 2.11. The van der Waals surface area contributed by atoms with E-state index in [4.69, 9.17) is 4.98 Å². The fourth-order valence-electron chi connectivity index (χ4n) is 2.05. The second-order valence-electron chi connectivity index (χ2n) is 5.39. The fourth-order valence-corrected chi connectivity index (χ4v) is 3.80. The average Bonchev–Trinajstić information content (AvgIpc) is 2.96. The summed E-state index contributed by atoms with van der Waals surface area (Å²) in [6.45, 7) is 10.7. The molecule has 0 aliphatic rings. The van der Waals surface area contributed by atoms with E-state index in [1.807, 2.05) is 11.3 Å². The van der Waals surface area contributed by atoms with Crippen LogP contribution in [0.1, 0.15) is 47.1 Å². The molecule has 1 N–H and O–H groups in total. The van der Waals surface area contributed by atoms with Crippen molar-refractivity contribution in [3.05, 3.63) is 31.7 Å². The van der Waals surface area contributed by atoms with E-state index in [0.29, 0.717) is 5.92 Å². The van der Waals surface area contributed by atoms with Crippen molar-refractivity contribution in [1.29, 1.82) is 0 Å². The summed E-state index contributed by atoms with van der Waals surface area (Å²) in [6.07, 6.45) is 1.87. The van der Waals surface area contributed by atoms with Crippen molar-refractivity contribution in [2.45, 2.75) is 47.1 Å². The number of nitrogens with one attached hydrogen (secondary N) is 1. The maximum Gasteiger partial charge on any atom is 0.0991 e. The lowest BCUT2D eigenvalue weighted by Crippen LogP contribution is -2.18. The molecule has 2 heterocycles. The summed E-state index contributed by atoms with van der Waals surface area (Å²) in [6, 6.07) is 0. The Morgan fingerprint density at radius 2 is 2.10 bits per heavy atom. The van der Waals surface area contributed by atoms with E-state index in [2.05, 4.69) is 43.4 Å². The second-order valence-corrected chi connectivity index (χ2v) is 7.62. The summed E-state index contributed by atoms with van der Waals surface area (Å²) >= 11 is 3.54. The summed E-state index contributed by atoms with van der Waals surface area (Å²) in [7, 11) is 0. The normalized spacial score (nSPS) is 11.4. The molecule has 2 aromatic heterocycles. The number of hydrogen-bond donors (Lipinski definition) is 1. The van der Waals surface area contributed by atoms with Gasteiger partial charge in [0.2, 0.25) is 0 Å². The zero-order valence-electron chi connectivity index (χ0n) is 12.7. The van der Waals surface area contributed by atoms with Gasteiger partial charge in [0.05, 0.1) is 21.4 Å². The highest BCUT2D eigenvalue weighted by atomic mass is 32.1. The molecule has 110 valence electrons. The van der Waals surface area contributed by atoms with E-state index >= 15 is 0 Å². The van der Waals surface area contributed by atoms with Crippen LogP contribution in [0.3, 0.4) is 0 Å². The Morgan fingerprint density at radius 3 is 2.70 bits per heavy atom. The Bertz CT molecular complexity index is 543. The third-order valence-corrected chi connectivity index (χ3v) is 4.91. The first-order chi connectivity index (χ1) is 9.58. The summed E-state index contributed by atoms with van der Waals surface area (Å²) in [5, 5.41) is 7.97. The molecule has 2 aromatic rings. The SMILES string of the molecule is CCc1nc(Cc2csc(C)n2)sc1CNCC(C)C. The molecule has 0 aliphatic carbocycles. The van der Waals surface area contributed by atoms with E-state index < -0.39 is 0 Å². The van der Waals surface area contributed by atoms with Gasteiger partial charge in [0.15, 0.2) is 0 Å². The van der Waals surface area contributed by atoms with Crippen molar-refractivity contribution in [3.63, 3.8) is 0 Å². The van der Waals surface area contributed by atoms with Gasteiger partial charge in [-0.2, -0.15) is 0 Å². The van der Waals surface area contributed by atoms with Gasteiger partial charge in [-0.05, 0) is 25.8 Å². The molecule has 0 aromatic carbocycles. The molecule has 3 nitrogen and oxygen atoms in total. The van der Waals surface area contributed by atoms with E-state index in [1.165, 1.54) is 15.6 Å². The van der Waals surface area contributed by atoms with Crippen molar-refractivity contribution in [1.82, 2.24) is 15.3 Å². The van der Waals surface area contributed by atoms with E-state index in [9.17, 15) is 0 Å². The van der Waals surface area contributed by atoms with Gasteiger partial charge in [0, 0.05) is 23.2 Å². The molecule has 0 unspecified atom stereocenters. The predicted molar refractivity (Wildman–Crippen MR) is 87.7 cm³/mol. The molecular weight excluding hydrogens is 286 g/mol. The Hall–Kier alpha value is -0.780. The Labute approximate surface area is 129 Å². The molecule has 0 aliphatic heterocycles. The fraction of sp³-hybridized carbons (Fsp3) is 0.600. The van der Waals surface area contributed by atoms with Gasteiger partial charge in [0.1, 0.15) is 0 Å². The third-order valence-electron chi connectivity index (χ3n) is 2.99. The molecule has 0 bridgehead atoms. The highest BCUT2D eigenvalue weighted by Crippen LogP contribution is 2.22. The predicted octanol–water partition coefficient (Wildman–Crippen LogP) is 3.81. The van der Waals surface area contributed by atoms with Gasteiger partial charge in [-0.3, -0.25) is 0 Å². The number of aromatic nitrogens is 2.